The fourth-order valence-electron chi connectivity index (χ4n) is 6.86. The Morgan fingerprint density at radius 2 is 1.45 bits per heavy atom. The van der Waals surface area contributed by atoms with Crippen molar-refractivity contribution in [3.63, 3.8) is 0 Å². The molecule has 0 saturated heterocycles. The Hall–Kier alpha value is -1.18. The minimum absolute atomic E-state index is 0.195. The Bertz CT molecular complexity index is 701. The Morgan fingerprint density at radius 1 is 0.828 bits per heavy atom. The van der Waals surface area contributed by atoms with Gasteiger partial charge in [-0.25, -0.2) is 8.78 Å². The van der Waals surface area contributed by atoms with Crippen LogP contribution in [0.25, 0.3) is 0 Å². The van der Waals surface area contributed by atoms with Crippen molar-refractivity contribution in [3.8, 4) is 0 Å². The van der Waals surface area contributed by atoms with Gasteiger partial charge in [0.1, 0.15) is 0 Å². The Morgan fingerprint density at radius 3 is 2.17 bits per heavy atom. The summed E-state index contributed by atoms with van der Waals surface area (Å²) in [6.45, 7) is 6.10. The Labute approximate surface area is 176 Å². The Balaban J connectivity index is 1.34. The number of benzene rings is 1. The van der Waals surface area contributed by atoms with Gasteiger partial charge in [0, 0.05) is 0 Å². The van der Waals surface area contributed by atoms with Gasteiger partial charge in [0.15, 0.2) is 11.6 Å². The molecule has 160 valence electrons. The van der Waals surface area contributed by atoms with Gasteiger partial charge in [-0.3, -0.25) is 0 Å². The molecule has 3 aliphatic carbocycles. The molecule has 1 aromatic rings. The molecule has 4 unspecified atom stereocenters. The minimum atomic E-state index is -0.628. The highest BCUT2D eigenvalue weighted by Gasteiger charge is 2.38. The first-order chi connectivity index (χ1) is 14.1. The quantitative estimate of drug-likeness (QED) is 0.437. The average Bonchev–Trinajstić information content (AvgIpc) is 2.74. The SMILES string of the molecule is C=CCCc1ccc(C2CCC(C3CCC4CC(C)CCC4C3)CC2)c(F)c1F. The lowest BCUT2D eigenvalue weighted by molar-refractivity contribution is 0.0671. The molecule has 29 heavy (non-hydrogen) atoms. The van der Waals surface area contributed by atoms with Gasteiger partial charge in [0.05, 0.1) is 0 Å². The summed E-state index contributed by atoms with van der Waals surface area (Å²) in [5.41, 5.74) is 1.10. The van der Waals surface area contributed by atoms with Crippen LogP contribution in [0.3, 0.4) is 0 Å². The summed E-state index contributed by atoms with van der Waals surface area (Å²) in [6.07, 6.45) is 16.0. The van der Waals surface area contributed by atoms with Gasteiger partial charge in [-0.15, -0.1) is 6.58 Å². The van der Waals surface area contributed by atoms with Crippen molar-refractivity contribution in [2.24, 2.45) is 29.6 Å². The van der Waals surface area contributed by atoms with Crippen molar-refractivity contribution in [1.29, 1.82) is 0 Å². The van der Waals surface area contributed by atoms with E-state index in [1.54, 1.807) is 12.1 Å². The number of hydrogen-bond acceptors (Lipinski definition) is 0. The summed E-state index contributed by atoms with van der Waals surface area (Å²) in [4.78, 5) is 0. The van der Waals surface area contributed by atoms with Crippen molar-refractivity contribution in [2.45, 2.75) is 89.9 Å². The summed E-state index contributed by atoms with van der Waals surface area (Å²) in [5.74, 6) is 3.56. The number of halogens is 2. The zero-order valence-electron chi connectivity index (χ0n) is 18.1. The summed E-state index contributed by atoms with van der Waals surface area (Å²) < 4.78 is 29.2. The van der Waals surface area contributed by atoms with Crippen LogP contribution in [0.5, 0.6) is 0 Å². The second kappa shape index (κ2) is 9.31. The first-order valence-electron chi connectivity index (χ1n) is 12.1. The molecular weight excluding hydrogens is 362 g/mol. The van der Waals surface area contributed by atoms with E-state index in [2.05, 4.69) is 13.5 Å². The van der Waals surface area contributed by atoms with Gasteiger partial charge < -0.3 is 0 Å². The van der Waals surface area contributed by atoms with E-state index in [1.165, 1.54) is 51.4 Å². The third kappa shape index (κ3) is 4.62. The molecule has 0 bridgehead atoms. The Kier molecular flexibility index (Phi) is 6.76. The van der Waals surface area contributed by atoms with E-state index in [4.69, 9.17) is 0 Å². The lowest BCUT2D eigenvalue weighted by Gasteiger charge is -2.45. The number of aryl methyl sites for hydroxylation is 1. The fourth-order valence-corrected chi connectivity index (χ4v) is 6.86. The highest BCUT2D eigenvalue weighted by Crippen LogP contribution is 2.50. The third-order valence-electron chi connectivity index (χ3n) is 8.60. The van der Waals surface area contributed by atoms with E-state index >= 15 is 0 Å². The molecule has 3 aliphatic rings. The van der Waals surface area contributed by atoms with Crippen LogP contribution in [0.4, 0.5) is 8.78 Å². The molecule has 0 nitrogen and oxygen atoms in total. The standard InChI is InChI=1S/C27H38F2/c1-3-4-5-21-14-15-25(27(29)26(21)28)20-10-8-19(9-11-20)23-13-12-22-16-18(2)6-7-24(22)17-23/h3,14-15,18-20,22-24H,1,4-13,16-17H2,2H3. The summed E-state index contributed by atoms with van der Waals surface area (Å²) in [6, 6.07) is 3.66. The van der Waals surface area contributed by atoms with E-state index in [1.807, 2.05) is 6.07 Å². The van der Waals surface area contributed by atoms with Gasteiger partial charge in [-0.1, -0.05) is 31.6 Å². The zero-order valence-corrected chi connectivity index (χ0v) is 18.1. The second-order valence-electron chi connectivity index (χ2n) is 10.4. The van der Waals surface area contributed by atoms with E-state index in [9.17, 15) is 8.78 Å². The van der Waals surface area contributed by atoms with E-state index < -0.39 is 11.6 Å². The number of rotatable bonds is 5. The van der Waals surface area contributed by atoms with Crippen molar-refractivity contribution in [1.82, 2.24) is 0 Å². The summed E-state index contributed by atoms with van der Waals surface area (Å²) >= 11 is 0. The van der Waals surface area contributed by atoms with Crippen LogP contribution >= 0.6 is 0 Å². The third-order valence-corrected chi connectivity index (χ3v) is 8.60. The highest BCUT2D eigenvalue weighted by molar-refractivity contribution is 5.29. The lowest BCUT2D eigenvalue weighted by atomic mass is 9.61. The average molecular weight is 401 g/mol. The van der Waals surface area contributed by atoms with Gasteiger partial charge >= 0.3 is 0 Å². The number of allylic oxidation sites excluding steroid dienone is 1. The molecule has 4 atom stereocenters. The maximum atomic E-state index is 14.7. The van der Waals surface area contributed by atoms with E-state index in [0.29, 0.717) is 24.0 Å². The molecular formula is C27H38F2. The molecule has 0 aromatic heterocycles. The van der Waals surface area contributed by atoms with Crippen molar-refractivity contribution < 1.29 is 8.78 Å². The van der Waals surface area contributed by atoms with Gasteiger partial charge in [-0.05, 0) is 117 Å². The van der Waals surface area contributed by atoms with Crippen molar-refractivity contribution >= 4 is 0 Å². The molecule has 0 N–H and O–H groups in total. The number of hydrogen-bond donors (Lipinski definition) is 0. The van der Waals surface area contributed by atoms with Crippen LogP contribution in [-0.4, -0.2) is 0 Å². The normalized spacial score (nSPS) is 35.1. The van der Waals surface area contributed by atoms with Crippen LogP contribution in [0.2, 0.25) is 0 Å². The molecule has 0 spiro atoms. The number of fused-ring (bicyclic) bond motifs is 1. The van der Waals surface area contributed by atoms with Crippen LogP contribution in [0.15, 0.2) is 24.8 Å². The van der Waals surface area contributed by atoms with Gasteiger partial charge in [0.25, 0.3) is 0 Å². The highest BCUT2D eigenvalue weighted by atomic mass is 19.2. The first kappa shape index (κ1) is 21.1. The van der Waals surface area contributed by atoms with Crippen molar-refractivity contribution in [2.75, 3.05) is 0 Å². The predicted molar refractivity (Wildman–Crippen MR) is 117 cm³/mol. The maximum Gasteiger partial charge on any atom is 0.162 e. The molecule has 1 aromatic carbocycles. The molecule has 0 aliphatic heterocycles. The maximum absolute atomic E-state index is 14.7. The van der Waals surface area contributed by atoms with E-state index in [-0.39, 0.29) is 5.92 Å². The molecule has 3 saturated carbocycles. The fraction of sp³-hybridized carbons (Fsp3) is 0.704. The van der Waals surface area contributed by atoms with Crippen LogP contribution in [-0.2, 0) is 6.42 Å². The molecule has 0 radical (unpaired) electrons. The largest absolute Gasteiger partial charge is 0.203 e. The molecule has 4 rings (SSSR count). The minimum Gasteiger partial charge on any atom is -0.203 e. The molecule has 0 heterocycles. The van der Waals surface area contributed by atoms with Gasteiger partial charge in [-0.2, -0.15) is 0 Å². The van der Waals surface area contributed by atoms with E-state index in [0.717, 1.165) is 42.4 Å². The van der Waals surface area contributed by atoms with Crippen LogP contribution in [0, 0.1) is 41.2 Å². The molecule has 0 amide bonds. The first-order valence-corrected chi connectivity index (χ1v) is 12.1. The topological polar surface area (TPSA) is 0 Å². The van der Waals surface area contributed by atoms with Crippen LogP contribution in [0.1, 0.15) is 94.6 Å². The van der Waals surface area contributed by atoms with Gasteiger partial charge in [0.2, 0.25) is 0 Å². The monoisotopic (exact) mass is 400 g/mol. The molecule has 3 fully saturated rings. The van der Waals surface area contributed by atoms with Crippen LogP contribution < -0.4 is 0 Å². The molecule has 2 heteroatoms. The predicted octanol–water partition coefficient (Wildman–Crippen LogP) is 8.21. The van der Waals surface area contributed by atoms with Crippen molar-refractivity contribution in [3.05, 3.63) is 47.5 Å². The lowest BCUT2D eigenvalue weighted by Crippen LogP contribution is -2.34. The summed E-state index contributed by atoms with van der Waals surface area (Å²) in [7, 11) is 0. The zero-order chi connectivity index (χ0) is 20.4. The smallest absolute Gasteiger partial charge is 0.162 e. The second-order valence-corrected chi connectivity index (χ2v) is 10.4. The summed E-state index contributed by atoms with van der Waals surface area (Å²) in [5, 5.41) is 0.